The van der Waals surface area contributed by atoms with E-state index in [1.54, 1.807) is 17.0 Å². The second kappa shape index (κ2) is 7.59. The summed E-state index contributed by atoms with van der Waals surface area (Å²) in [5.41, 5.74) is 5.28. The van der Waals surface area contributed by atoms with E-state index in [2.05, 4.69) is 0 Å². The molecule has 4 amide bonds. The molecule has 2 N–H and O–H groups in total. The van der Waals surface area contributed by atoms with Gasteiger partial charge in [-0.1, -0.05) is 0 Å². The van der Waals surface area contributed by atoms with E-state index in [1.165, 1.54) is 16.1 Å². The normalized spacial score (nSPS) is 18.7. The molecule has 0 saturated carbocycles. The lowest BCUT2D eigenvalue weighted by Gasteiger charge is -2.36. The van der Waals surface area contributed by atoms with E-state index < -0.39 is 11.8 Å². The third-order valence-corrected chi connectivity index (χ3v) is 4.95. The van der Waals surface area contributed by atoms with Crippen molar-refractivity contribution in [1.29, 1.82) is 0 Å². The van der Waals surface area contributed by atoms with Gasteiger partial charge in [0.1, 0.15) is 0 Å². The highest BCUT2D eigenvalue weighted by Crippen LogP contribution is 2.17. The second-order valence-corrected chi connectivity index (χ2v) is 6.53. The zero-order valence-corrected chi connectivity index (χ0v) is 14.4. The SMILES string of the molecule is NC(=O)C1CCN(C(=O)C(=O)N2CCN(C(=O)c3ccco3)CC2)CC1. The number of piperazine rings is 1. The third-order valence-electron chi connectivity index (χ3n) is 4.95. The van der Waals surface area contributed by atoms with Crippen LogP contribution in [0, 0.1) is 5.92 Å². The molecule has 0 unspecified atom stereocenters. The molecule has 2 saturated heterocycles. The number of hydrogen-bond acceptors (Lipinski definition) is 5. The summed E-state index contributed by atoms with van der Waals surface area (Å²) >= 11 is 0. The Kier molecular flexibility index (Phi) is 5.24. The van der Waals surface area contributed by atoms with E-state index >= 15 is 0 Å². The van der Waals surface area contributed by atoms with Gasteiger partial charge in [0.15, 0.2) is 5.76 Å². The molecule has 3 heterocycles. The van der Waals surface area contributed by atoms with Gasteiger partial charge in [-0.25, -0.2) is 0 Å². The molecule has 1 aromatic rings. The quantitative estimate of drug-likeness (QED) is 0.697. The van der Waals surface area contributed by atoms with E-state index in [1.807, 2.05) is 0 Å². The maximum atomic E-state index is 12.4. The fourth-order valence-corrected chi connectivity index (χ4v) is 3.31. The van der Waals surface area contributed by atoms with Crippen molar-refractivity contribution in [3.8, 4) is 0 Å². The van der Waals surface area contributed by atoms with Gasteiger partial charge in [0, 0.05) is 45.2 Å². The van der Waals surface area contributed by atoms with Crippen LogP contribution in [0.1, 0.15) is 23.4 Å². The number of primary amides is 1. The minimum atomic E-state index is -0.562. The van der Waals surface area contributed by atoms with Gasteiger partial charge >= 0.3 is 11.8 Å². The van der Waals surface area contributed by atoms with Crippen molar-refractivity contribution in [2.24, 2.45) is 11.7 Å². The summed E-state index contributed by atoms with van der Waals surface area (Å²) in [6, 6.07) is 3.24. The van der Waals surface area contributed by atoms with Gasteiger partial charge in [0.2, 0.25) is 5.91 Å². The maximum Gasteiger partial charge on any atom is 0.312 e. The van der Waals surface area contributed by atoms with Crippen molar-refractivity contribution in [2.45, 2.75) is 12.8 Å². The number of carbonyl (C=O) groups excluding carboxylic acids is 4. The van der Waals surface area contributed by atoms with E-state index in [9.17, 15) is 19.2 Å². The largest absolute Gasteiger partial charge is 0.459 e. The molecule has 0 radical (unpaired) electrons. The average molecular weight is 362 g/mol. The number of rotatable bonds is 2. The Morgan fingerprint density at radius 1 is 0.885 bits per heavy atom. The Hall–Kier alpha value is -2.84. The first-order chi connectivity index (χ1) is 12.5. The molecule has 2 fully saturated rings. The van der Waals surface area contributed by atoms with Crippen molar-refractivity contribution in [2.75, 3.05) is 39.3 Å². The van der Waals surface area contributed by atoms with Crippen molar-refractivity contribution in [3.05, 3.63) is 24.2 Å². The van der Waals surface area contributed by atoms with Gasteiger partial charge in [-0.2, -0.15) is 0 Å². The standard InChI is InChI=1S/C17H22N4O5/c18-14(22)12-3-5-19(6-4-12)16(24)17(25)21-9-7-20(8-10-21)15(23)13-2-1-11-26-13/h1-2,11-12H,3-10H2,(H2,18,22). The van der Waals surface area contributed by atoms with Gasteiger partial charge in [-0.3, -0.25) is 19.2 Å². The van der Waals surface area contributed by atoms with Crippen LogP contribution in [0.4, 0.5) is 0 Å². The molecule has 0 bridgehead atoms. The van der Waals surface area contributed by atoms with Crippen molar-refractivity contribution in [1.82, 2.24) is 14.7 Å². The minimum Gasteiger partial charge on any atom is -0.459 e. The Morgan fingerprint density at radius 3 is 1.92 bits per heavy atom. The van der Waals surface area contributed by atoms with E-state index in [-0.39, 0.29) is 23.5 Å². The lowest BCUT2D eigenvalue weighted by atomic mass is 9.96. The van der Waals surface area contributed by atoms with Crippen molar-refractivity contribution < 1.29 is 23.6 Å². The number of nitrogens with zero attached hydrogens (tertiary/aromatic N) is 3. The monoisotopic (exact) mass is 362 g/mol. The predicted molar refractivity (Wildman–Crippen MR) is 89.7 cm³/mol. The highest BCUT2D eigenvalue weighted by molar-refractivity contribution is 6.35. The lowest BCUT2D eigenvalue weighted by molar-refractivity contribution is -0.153. The van der Waals surface area contributed by atoms with Gasteiger partial charge < -0.3 is 24.9 Å². The Morgan fingerprint density at radius 2 is 1.42 bits per heavy atom. The number of amides is 4. The van der Waals surface area contributed by atoms with E-state index in [0.717, 1.165) is 0 Å². The van der Waals surface area contributed by atoms with Crippen LogP contribution in [-0.4, -0.2) is 77.6 Å². The molecule has 3 rings (SSSR count). The lowest BCUT2D eigenvalue weighted by Crippen LogP contribution is -2.55. The molecule has 0 spiro atoms. The molecule has 140 valence electrons. The Bertz CT molecular complexity index is 686. The number of carbonyl (C=O) groups is 4. The zero-order chi connectivity index (χ0) is 18.7. The molecule has 9 heteroatoms. The molecule has 2 aliphatic heterocycles. The average Bonchev–Trinajstić information content (AvgIpc) is 3.21. The number of nitrogens with two attached hydrogens (primary N) is 1. The smallest absolute Gasteiger partial charge is 0.312 e. The topological polar surface area (TPSA) is 117 Å². The van der Waals surface area contributed by atoms with Gasteiger partial charge in [-0.05, 0) is 25.0 Å². The molecule has 0 atom stereocenters. The summed E-state index contributed by atoms with van der Waals surface area (Å²) in [5, 5.41) is 0. The van der Waals surface area contributed by atoms with Crippen LogP contribution < -0.4 is 5.73 Å². The molecular formula is C17H22N4O5. The van der Waals surface area contributed by atoms with Gasteiger partial charge in [0.25, 0.3) is 5.91 Å². The van der Waals surface area contributed by atoms with Gasteiger partial charge in [-0.15, -0.1) is 0 Å². The summed E-state index contributed by atoms with van der Waals surface area (Å²) in [4.78, 5) is 52.8. The fourth-order valence-electron chi connectivity index (χ4n) is 3.31. The highest BCUT2D eigenvalue weighted by atomic mass is 16.3. The zero-order valence-electron chi connectivity index (χ0n) is 14.4. The third kappa shape index (κ3) is 3.71. The van der Waals surface area contributed by atoms with Crippen LogP contribution >= 0.6 is 0 Å². The fraction of sp³-hybridized carbons (Fsp3) is 0.529. The Balaban J connectivity index is 1.50. The summed E-state index contributed by atoms with van der Waals surface area (Å²) < 4.78 is 5.10. The summed E-state index contributed by atoms with van der Waals surface area (Å²) in [6.45, 7) is 2.01. The van der Waals surface area contributed by atoms with Gasteiger partial charge in [0.05, 0.1) is 6.26 Å². The number of furan rings is 1. The van der Waals surface area contributed by atoms with Crippen LogP contribution in [0.15, 0.2) is 22.8 Å². The minimum absolute atomic E-state index is 0.220. The molecule has 9 nitrogen and oxygen atoms in total. The molecule has 0 aromatic carbocycles. The molecule has 2 aliphatic rings. The van der Waals surface area contributed by atoms with Crippen LogP contribution in [0.3, 0.4) is 0 Å². The summed E-state index contributed by atoms with van der Waals surface area (Å²) in [6.07, 6.45) is 2.41. The number of piperidine rings is 1. The first kappa shape index (κ1) is 18.0. The highest BCUT2D eigenvalue weighted by Gasteiger charge is 2.33. The second-order valence-electron chi connectivity index (χ2n) is 6.53. The first-order valence-corrected chi connectivity index (χ1v) is 8.67. The van der Waals surface area contributed by atoms with E-state index in [0.29, 0.717) is 52.1 Å². The number of likely N-dealkylation sites (tertiary alicyclic amines) is 1. The molecule has 1 aromatic heterocycles. The van der Waals surface area contributed by atoms with Crippen molar-refractivity contribution in [3.63, 3.8) is 0 Å². The number of hydrogen-bond donors (Lipinski definition) is 1. The predicted octanol–water partition coefficient (Wildman–Crippen LogP) is -0.712. The summed E-state index contributed by atoms with van der Waals surface area (Å²) in [5.74, 6) is -1.67. The van der Waals surface area contributed by atoms with Crippen LogP contribution in [0.25, 0.3) is 0 Å². The van der Waals surface area contributed by atoms with Crippen molar-refractivity contribution >= 4 is 23.6 Å². The first-order valence-electron chi connectivity index (χ1n) is 8.67. The Labute approximate surface area is 150 Å². The van der Waals surface area contributed by atoms with E-state index in [4.69, 9.17) is 10.2 Å². The maximum absolute atomic E-state index is 12.4. The summed E-state index contributed by atoms with van der Waals surface area (Å²) in [7, 11) is 0. The molecule has 26 heavy (non-hydrogen) atoms. The van der Waals surface area contributed by atoms with Crippen LogP contribution in [0.2, 0.25) is 0 Å². The van der Waals surface area contributed by atoms with Crippen LogP contribution in [0.5, 0.6) is 0 Å². The van der Waals surface area contributed by atoms with Crippen LogP contribution in [-0.2, 0) is 14.4 Å². The molecular weight excluding hydrogens is 340 g/mol. The molecule has 0 aliphatic carbocycles.